The molecule has 0 saturated heterocycles. The number of rotatable bonds is 0. The van der Waals surface area contributed by atoms with Crippen LogP contribution in [0.15, 0.2) is 0 Å². The van der Waals surface area contributed by atoms with Gasteiger partial charge in [0, 0.05) is 12.8 Å². The molecule has 1 saturated carbocycles. The molecule has 1 aliphatic rings. The summed E-state index contributed by atoms with van der Waals surface area (Å²) >= 11 is 0. The SMILES string of the molecule is N.O=C1CCCCC1.O=[N+]([O-])O. The maximum atomic E-state index is 10.5. The molecule has 6 nitrogen and oxygen atoms in total. The maximum Gasteiger partial charge on any atom is 0.291 e. The van der Waals surface area contributed by atoms with Crippen LogP contribution in [0.3, 0.4) is 0 Å². The van der Waals surface area contributed by atoms with Crippen molar-refractivity contribution in [1.29, 1.82) is 0 Å². The molecule has 0 aromatic heterocycles. The van der Waals surface area contributed by atoms with Gasteiger partial charge in [-0.05, 0) is 12.8 Å². The van der Waals surface area contributed by atoms with Crippen LogP contribution in [0, 0.1) is 10.1 Å². The van der Waals surface area contributed by atoms with E-state index >= 15 is 0 Å². The standard InChI is InChI=1S/C6H10O.HNO3.H3N/c7-6-4-2-1-3-5-6;2-1(3)4;/h1-5H2;(H,2,3,4);1H3. The fourth-order valence-electron chi connectivity index (χ4n) is 0.946. The first kappa shape index (κ1) is 13.4. The van der Waals surface area contributed by atoms with Gasteiger partial charge in [0.2, 0.25) is 0 Å². The molecular weight excluding hydrogens is 164 g/mol. The molecule has 6 heteroatoms. The Balaban J connectivity index is 0. The molecule has 0 radical (unpaired) electrons. The Hall–Kier alpha value is -1.17. The quantitative estimate of drug-likeness (QED) is 0.428. The summed E-state index contributed by atoms with van der Waals surface area (Å²) < 4.78 is 0. The van der Waals surface area contributed by atoms with Gasteiger partial charge in [-0.2, -0.15) is 0 Å². The van der Waals surface area contributed by atoms with Crippen molar-refractivity contribution >= 4 is 5.78 Å². The Kier molecular flexibility index (Phi) is 8.87. The van der Waals surface area contributed by atoms with Crippen molar-refractivity contribution < 1.29 is 15.1 Å². The van der Waals surface area contributed by atoms with E-state index in [2.05, 4.69) is 0 Å². The molecule has 0 aromatic carbocycles. The van der Waals surface area contributed by atoms with Crippen LogP contribution in [0.2, 0.25) is 0 Å². The first-order valence-electron chi connectivity index (χ1n) is 3.48. The minimum absolute atomic E-state index is 0. The zero-order chi connectivity index (χ0) is 8.69. The number of carbonyl (C=O) groups excluding carboxylic acids is 1. The summed E-state index contributed by atoms with van der Waals surface area (Å²) in [5, 5.41) is 13.6. The maximum absolute atomic E-state index is 10.5. The van der Waals surface area contributed by atoms with Gasteiger partial charge in [-0.1, -0.05) is 6.42 Å². The van der Waals surface area contributed by atoms with E-state index in [1.54, 1.807) is 0 Å². The van der Waals surface area contributed by atoms with Gasteiger partial charge >= 0.3 is 0 Å². The van der Waals surface area contributed by atoms with Crippen molar-refractivity contribution in [2.45, 2.75) is 32.1 Å². The van der Waals surface area contributed by atoms with Gasteiger partial charge in [-0.15, -0.1) is 10.1 Å². The lowest BCUT2D eigenvalue weighted by molar-refractivity contribution is -0.742. The third-order valence-electron chi connectivity index (χ3n) is 1.41. The summed E-state index contributed by atoms with van der Waals surface area (Å²) in [6.07, 6.45) is 5.24. The smallest absolute Gasteiger partial charge is 0.291 e. The van der Waals surface area contributed by atoms with Gasteiger partial charge < -0.3 is 11.4 Å². The topological polar surface area (TPSA) is 115 Å². The zero-order valence-electron chi connectivity index (χ0n) is 6.86. The number of nitrogens with zero attached hydrogens (tertiary/aromatic N) is 1. The Morgan fingerprint density at radius 1 is 1.25 bits per heavy atom. The van der Waals surface area contributed by atoms with Gasteiger partial charge in [0.1, 0.15) is 5.78 Å². The van der Waals surface area contributed by atoms with E-state index in [1.807, 2.05) is 0 Å². The predicted octanol–water partition coefficient (Wildman–Crippen LogP) is 1.33. The lowest BCUT2D eigenvalue weighted by Gasteiger charge is -2.05. The van der Waals surface area contributed by atoms with Gasteiger partial charge in [0.25, 0.3) is 5.09 Å². The Labute approximate surface area is 70.3 Å². The first-order valence-corrected chi connectivity index (χ1v) is 3.48. The van der Waals surface area contributed by atoms with Gasteiger partial charge in [-0.3, -0.25) is 4.79 Å². The second-order valence-electron chi connectivity index (χ2n) is 2.34. The van der Waals surface area contributed by atoms with Crippen LogP contribution in [0.5, 0.6) is 0 Å². The second kappa shape index (κ2) is 7.93. The highest BCUT2D eigenvalue weighted by Crippen LogP contribution is 2.12. The average Bonchev–Trinajstić information content (AvgIpc) is 1.87. The fourth-order valence-corrected chi connectivity index (χ4v) is 0.946. The molecule has 4 N–H and O–H groups in total. The van der Waals surface area contributed by atoms with E-state index in [4.69, 9.17) is 15.3 Å². The highest BCUT2D eigenvalue weighted by atomic mass is 16.9. The zero-order valence-corrected chi connectivity index (χ0v) is 6.86. The van der Waals surface area contributed by atoms with E-state index in [0.29, 0.717) is 5.78 Å². The molecule has 0 spiro atoms. The molecular formula is C6H14N2O4. The third kappa shape index (κ3) is 11.6. The first-order chi connectivity index (χ1) is 5.13. The second-order valence-corrected chi connectivity index (χ2v) is 2.34. The van der Waals surface area contributed by atoms with E-state index < -0.39 is 5.09 Å². The Morgan fingerprint density at radius 3 is 1.75 bits per heavy atom. The Morgan fingerprint density at radius 2 is 1.58 bits per heavy atom. The summed E-state index contributed by atoms with van der Waals surface area (Å²) in [5.74, 6) is 0.464. The number of carbonyl (C=O) groups is 1. The number of hydrogen-bond acceptors (Lipinski definition) is 4. The lowest BCUT2D eigenvalue weighted by atomic mass is 10.00. The summed E-state index contributed by atoms with van der Waals surface area (Å²) in [7, 11) is 0. The molecule has 0 heterocycles. The molecule has 1 rings (SSSR count). The van der Waals surface area contributed by atoms with E-state index in [-0.39, 0.29) is 6.15 Å². The van der Waals surface area contributed by atoms with Crippen molar-refractivity contribution in [3.05, 3.63) is 10.1 Å². The average molecular weight is 178 g/mol. The largest absolute Gasteiger partial charge is 0.344 e. The van der Waals surface area contributed by atoms with Crippen LogP contribution in [0.25, 0.3) is 0 Å². The minimum Gasteiger partial charge on any atom is -0.344 e. The molecule has 12 heavy (non-hydrogen) atoms. The molecule has 0 amide bonds. The van der Waals surface area contributed by atoms with E-state index in [1.165, 1.54) is 6.42 Å². The van der Waals surface area contributed by atoms with E-state index in [0.717, 1.165) is 25.7 Å². The van der Waals surface area contributed by atoms with Gasteiger partial charge in [-0.25, -0.2) is 0 Å². The van der Waals surface area contributed by atoms with Crippen LogP contribution in [-0.2, 0) is 4.79 Å². The molecule has 1 fully saturated rings. The van der Waals surface area contributed by atoms with Gasteiger partial charge in [0.15, 0.2) is 0 Å². The van der Waals surface area contributed by atoms with Crippen LogP contribution in [0.1, 0.15) is 32.1 Å². The highest BCUT2D eigenvalue weighted by molar-refractivity contribution is 5.78. The molecule has 72 valence electrons. The summed E-state index contributed by atoms with van der Waals surface area (Å²) in [6, 6.07) is 0. The molecule has 0 aromatic rings. The molecule has 1 aliphatic carbocycles. The molecule has 0 bridgehead atoms. The molecule has 0 atom stereocenters. The van der Waals surface area contributed by atoms with Crippen LogP contribution in [0.4, 0.5) is 0 Å². The van der Waals surface area contributed by atoms with Crippen molar-refractivity contribution in [3.8, 4) is 0 Å². The third-order valence-corrected chi connectivity index (χ3v) is 1.41. The molecule has 0 unspecified atom stereocenters. The monoisotopic (exact) mass is 178 g/mol. The lowest BCUT2D eigenvalue weighted by Crippen LogP contribution is -2.02. The van der Waals surface area contributed by atoms with Crippen molar-refractivity contribution in [1.82, 2.24) is 6.15 Å². The number of hydrogen-bond donors (Lipinski definition) is 2. The Bertz CT molecular complexity index is 136. The van der Waals surface area contributed by atoms with Crippen molar-refractivity contribution in [3.63, 3.8) is 0 Å². The van der Waals surface area contributed by atoms with Crippen LogP contribution < -0.4 is 6.15 Å². The van der Waals surface area contributed by atoms with Crippen LogP contribution >= 0.6 is 0 Å². The van der Waals surface area contributed by atoms with Crippen molar-refractivity contribution in [2.75, 3.05) is 0 Å². The molecule has 0 aliphatic heterocycles. The van der Waals surface area contributed by atoms with E-state index in [9.17, 15) is 4.79 Å². The number of ketones is 1. The fraction of sp³-hybridized carbons (Fsp3) is 0.833. The predicted molar refractivity (Wildman–Crippen MR) is 41.9 cm³/mol. The summed E-state index contributed by atoms with van der Waals surface area (Å²) in [4.78, 5) is 18.8. The normalized spacial score (nSPS) is 15.2. The summed E-state index contributed by atoms with van der Waals surface area (Å²) in [6.45, 7) is 0. The minimum atomic E-state index is -1.50. The number of Topliss-reactive ketones (excluding diaryl/α,β-unsaturated/α-hetero) is 1. The van der Waals surface area contributed by atoms with Gasteiger partial charge in [0.05, 0.1) is 0 Å². The highest BCUT2D eigenvalue weighted by Gasteiger charge is 2.05. The van der Waals surface area contributed by atoms with Crippen molar-refractivity contribution in [2.24, 2.45) is 0 Å². The van der Waals surface area contributed by atoms with Crippen LogP contribution in [-0.4, -0.2) is 16.1 Å². The summed E-state index contributed by atoms with van der Waals surface area (Å²) in [5.41, 5.74) is 0.